The van der Waals surface area contributed by atoms with Crippen LogP contribution in [0.1, 0.15) is 31.4 Å². The summed E-state index contributed by atoms with van der Waals surface area (Å²) in [4.78, 5) is 0. The summed E-state index contributed by atoms with van der Waals surface area (Å²) in [5.74, 6) is 0.372. The van der Waals surface area contributed by atoms with Gasteiger partial charge in [-0.2, -0.15) is 9.13 Å². The molecule has 7 rings (SSSR count). The molecule has 0 bridgehead atoms. The minimum absolute atomic E-state index is 0.211. The Morgan fingerprint density at radius 3 is 2.40 bits per heavy atom. The lowest BCUT2D eigenvalue weighted by molar-refractivity contribution is -0.716. The number of aromatic nitrogens is 2. The zero-order chi connectivity index (χ0) is 27.3. The summed E-state index contributed by atoms with van der Waals surface area (Å²) in [6.45, 7) is 4.37. The highest BCUT2D eigenvalue weighted by molar-refractivity contribution is 7.83. The van der Waals surface area contributed by atoms with Gasteiger partial charge in [0.15, 0.2) is 38.0 Å². The second-order valence-electron chi connectivity index (χ2n) is 11.0. The van der Waals surface area contributed by atoms with Gasteiger partial charge in [0, 0.05) is 51.9 Å². The van der Waals surface area contributed by atoms with E-state index in [-0.39, 0.29) is 6.04 Å². The zero-order valence-electron chi connectivity index (χ0n) is 22.9. The first-order valence-corrected chi connectivity index (χ1v) is 15.8. The molecule has 0 fully saturated rings. The topological polar surface area (TPSA) is 24.8 Å². The van der Waals surface area contributed by atoms with Crippen molar-refractivity contribution in [1.82, 2.24) is 0 Å². The number of benzene rings is 2. The molecule has 1 aliphatic heterocycles. The second-order valence-corrected chi connectivity index (χ2v) is 13.7. The fraction of sp³-hybridized carbons (Fsp3) is 0.167. The van der Waals surface area contributed by atoms with Gasteiger partial charge in [-0.3, -0.25) is 0 Å². The molecule has 0 saturated carbocycles. The molecule has 2 aromatic heterocycles. The van der Waals surface area contributed by atoms with Crippen LogP contribution in [0, 0.1) is 12.8 Å². The molecule has 3 heterocycles. The van der Waals surface area contributed by atoms with Crippen molar-refractivity contribution < 1.29 is 13.7 Å². The molecule has 0 spiro atoms. The van der Waals surface area contributed by atoms with E-state index in [1.807, 2.05) is 0 Å². The van der Waals surface area contributed by atoms with Gasteiger partial charge in [0.1, 0.15) is 0 Å². The minimum Gasteiger partial charge on any atom is -0.308 e. The Balaban J connectivity index is 1.34. The standard InChI is InChI=1S/C36H33N2OP/c1-26-10-6-8-14-33(26)37-21-18-28(19-22-37)29-16-17-31-32-20-23-38(34-15-9-7-11-27(34)2)25-36(32)40(39,35(31)24-29)30-12-4-3-5-13-30/h4,6-25,27,34H,3,5H2,1-2H3/q+2. The van der Waals surface area contributed by atoms with Crippen molar-refractivity contribution in [1.29, 1.82) is 0 Å². The van der Waals surface area contributed by atoms with Crippen molar-refractivity contribution >= 4 is 17.8 Å². The first-order valence-electron chi connectivity index (χ1n) is 14.1. The van der Waals surface area contributed by atoms with E-state index >= 15 is 4.57 Å². The van der Waals surface area contributed by atoms with E-state index in [9.17, 15) is 0 Å². The Morgan fingerprint density at radius 2 is 1.62 bits per heavy atom. The normalized spacial score (nSPS) is 22.6. The molecule has 196 valence electrons. The fourth-order valence-electron chi connectivity index (χ4n) is 6.31. The Hall–Kier alpha value is -4.07. The van der Waals surface area contributed by atoms with Crippen molar-refractivity contribution in [2.24, 2.45) is 5.92 Å². The van der Waals surface area contributed by atoms with E-state index in [1.54, 1.807) is 0 Å². The maximum absolute atomic E-state index is 15.4. The number of hydrogen-bond acceptors (Lipinski definition) is 1. The van der Waals surface area contributed by atoms with E-state index in [1.165, 1.54) is 11.3 Å². The van der Waals surface area contributed by atoms with Crippen LogP contribution in [0.15, 0.2) is 133 Å². The van der Waals surface area contributed by atoms with Crippen LogP contribution in [0.2, 0.25) is 0 Å². The van der Waals surface area contributed by atoms with Crippen molar-refractivity contribution in [3.63, 3.8) is 0 Å². The molecule has 3 atom stereocenters. The summed E-state index contributed by atoms with van der Waals surface area (Å²) in [6.07, 6.45) is 25.6. The van der Waals surface area contributed by atoms with Gasteiger partial charge in [-0.05, 0) is 48.6 Å². The molecular weight excluding hydrogens is 507 g/mol. The van der Waals surface area contributed by atoms with Crippen LogP contribution < -0.4 is 19.7 Å². The minimum atomic E-state index is -3.03. The largest absolute Gasteiger partial charge is 0.308 e. The van der Waals surface area contributed by atoms with Crippen LogP contribution in [0.4, 0.5) is 0 Å². The van der Waals surface area contributed by atoms with E-state index in [4.69, 9.17) is 0 Å². The van der Waals surface area contributed by atoms with E-state index in [2.05, 4.69) is 151 Å². The molecule has 2 aromatic carbocycles. The van der Waals surface area contributed by atoms with E-state index in [0.717, 1.165) is 51.0 Å². The first kappa shape index (κ1) is 24.9. The Bertz CT molecular complexity index is 1810. The lowest BCUT2D eigenvalue weighted by Gasteiger charge is -2.20. The second kappa shape index (κ2) is 9.84. The third-order valence-electron chi connectivity index (χ3n) is 8.54. The molecule has 4 aromatic rings. The number of rotatable bonds is 4. The highest BCUT2D eigenvalue weighted by Gasteiger charge is 2.44. The van der Waals surface area contributed by atoms with E-state index in [0.29, 0.717) is 5.92 Å². The number of nitrogens with zero attached hydrogens (tertiary/aromatic N) is 2. The molecule has 3 unspecified atom stereocenters. The van der Waals surface area contributed by atoms with Crippen LogP contribution in [0.3, 0.4) is 0 Å². The maximum Gasteiger partial charge on any atom is 0.213 e. The highest BCUT2D eigenvalue weighted by atomic mass is 31.2. The highest BCUT2D eigenvalue weighted by Crippen LogP contribution is 2.60. The molecule has 40 heavy (non-hydrogen) atoms. The van der Waals surface area contributed by atoms with Gasteiger partial charge < -0.3 is 4.57 Å². The number of fused-ring (bicyclic) bond motifs is 3. The molecule has 2 aliphatic carbocycles. The predicted molar refractivity (Wildman–Crippen MR) is 164 cm³/mol. The number of pyridine rings is 2. The van der Waals surface area contributed by atoms with Crippen LogP contribution in [-0.4, -0.2) is 0 Å². The third kappa shape index (κ3) is 4.00. The molecule has 0 saturated heterocycles. The van der Waals surface area contributed by atoms with Gasteiger partial charge in [-0.25, -0.2) is 0 Å². The lowest BCUT2D eigenvalue weighted by Crippen LogP contribution is -2.43. The average molecular weight is 541 g/mol. The molecular formula is C36H33N2OP+2. The summed E-state index contributed by atoms with van der Waals surface area (Å²) in [5.41, 5.74) is 6.79. The third-order valence-corrected chi connectivity index (χ3v) is 11.7. The maximum atomic E-state index is 15.4. The van der Waals surface area contributed by atoms with Gasteiger partial charge >= 0.3 is 0 Å². The average Bonchev–Trinajstić information content (AvgIpc) is 3.26. The fourth-order valence-corrected chi connectivity index (χ4v) is 9.52. The summed E-state index contributed by atoms with van der Waals surface area (Å²) in [6, 6.07) is 21.6. The molecule has 3 nitrogen and oxygen atoms in total. The van der Waals surface area contributed by atoms with Crippen LogP contribution in [0.25, 0.3) is 27.9 Å². The van der Waals surface area contributed by atoms with Gasteiger partial charge in [0.25, 0.3) is 0 Å². The van der Waals surface area contributed by atoms with Crippen LogP contribution >= 0.6 is 7.14 Å². The Morgan fingerprint density at radius 1 is 0.825 bits per heavy atom. The molecule has 0 amide bonds. The summed E-state index contributed by atoms with van der Waals surface area (Å²) < 4.78 is 19.8. The smallest absolute Gasteiger partial charge is 0.213 e. The van der Waals surface area contributed by atoms with Crippen molar-refractivity contribution in [3.8, 4) is 27.9 Å². The van der Waals surface area contributed by atoms with E-state index < -0.39 is 7.14 Å². The summed E-state index contributed by atoms with van der Waals surface area (Å²) in [5, 5.41) is 2.88. The summed E-state index contributed by atoms with van der Waals surface area (Å²) in [7, 11) is -3.03. The number of aryl methyl sites for hydroxylation is 1. The predicted octanol–water partition coefficient (Wildman–Crippen LogP) is 7.06. The van der Waals surface area contributed by atoms with Crippen molar-refractivity contribution in [2.45, 2.75) is 32.7 Å². The zero-order valence-corrected chi connectivity index (χ0v) is 23.8. The number of hydrogen-bond donors (Lipinski definition) is 0. The molecule has 4 heteroatoms. The van der Waals surface area contributed by atoms with Gasteiger partial charge in [0.2, 0.25) is 5.69 Å². The van der Waals surface area contributed by atoms with Crippen molar-refractivity contribution in [3.05, 3.63) is 139 Å². The Kier molecular flexibility index (Phi) is 6.13. The number of allylic oxidation sites excluding steroid dienone is 8. The van der Waals surface area contributed by atoms with Crippen molar-refractivity contribution in [2.75, 3.05) is 0 Å². The first-order chi connectivity index (χ1) is 19.5. The van der Waals surface area contributed by atoms with Gasteiger partial charge in [0.05, 0.1) is 5.30 Å². The van der Waals surface area contributed by atoms with Gasteiger partial charge in [-0.1, -0.05) is 73.7 Å². The molecule has 0 radical (unpaired) electrons. The summed E-state index contributed by atoms with van der Waals surface area (Å²) >= 11 is 0. The SMILES string of the molecule is Cc1ccccc1-[n+]1ccc(-c2ccc3c(c2)P(=O)(C2=CCCC=C2)c2c[n+](C4C=CC=CC4C)ccc2-3)cc1. The Labute approximate surface area is 236 Å². The monoisotopic (exact) mass is 540 g/mol. The van der Waals surface area contributed by atoms with Crippen LogP contribution in [0.5, 0.6) is 0 Å². The van der Waals surface area contributed by atoms with Gasteiger partial charge in [-0.15, -0.1) is 0 Å². The quantitative estimate of drug-likeness (QED) is 0.201. The van der Waals surface area contributed by atoms with Crippen LogP contribution in [-0.2, 0) is 4.57 Å². The molecule has 3 aliphatic rings. The number of para-hydroxylation sites is 1. The lowest BCUT2D eigenvalue weighted by atomic mass is 9.96. The molecule has 0 N–H and O–H groups in total.